The topological polar surface area (TPSA) is 143 Å². The average molecular weight is 780 g/mol. The molecule has 2 amide bonds. The predicted octanol–water partition coefficient (Wildman–Crippen LogP) is 7.52. The molecule has 2 aromatic heterocycles. The molecule has 0 unspecified atom stereocenters. The van der Waals surface area contributed by atoms with Gasteiger partial charge in [-0.15, -0.1) is 0 Å². The fraction of sp³-hybridized carbons (Fsp3) is 0.487. The first-order valence-corrected chi connectivity index (χ1v) is 18.4. The van der Waals surface area contributed by atoms with Gasteiger partial charge in [0.1, 0.15) is 40.7 Å². The van der Waals surface area contributed by atoms with Crippen LogP contribution in [-0.4, -0.2) is 106 Å². The maximum absolute atomic E-state index is 17.0. The van der Waals surface area contributed by atoms with E-state index in [2.05, 4.69) is 16.0 Å². The predicted molar refractivity (Wildman–Crippen MR) is 202 cm³/mol. The van der Waals surface area contributed by atoms with Gasteiger partial charge in [-0.1, -0.05) is 35.9 Å². The summed E-state index contributed by atoms with van der Waals surface area (Å²) in [6, 6.07) is 8.74. The number of fused-ring (bicyclic) bond motifs is 2. The number of likely N-dealkylation sites (tertiary alicyclic amines) is 1. The smallest absolute Gasteiger partial charge is 0.410 e. The van der Waals surface area contributed by atoms with E-state index in [-0.39, 0.29) is 89.7 Å². The van der Waals surface area contributed by atoms with E-state index in [1.165, 1.54) is 22.1 Å². The van der Waals surface area contributed by atoms with Crippen molar-refractivity contribution < 1.29 is 37.3 Å². The summed E-state index contributed by atoms with van der Waals surface area (Å²) < 4.78 is 54.7. The molecule has 2 aliphatic heterocycles. The van der Waals surface area contributed by atoms with Gasteiger partial charge in [-0.25, -0.2) is 18.4 Å². The molecule has 2 saturated heterocycles. The maximum atomic E-state index is 17.0. The number of halogens is 3. The first kappa shape index (κ1) is 39.6. The molecule has 2 aliphatic rings. The van der Waals surface area contributed by atoms with Gasteiger partial charge < -0.3 is 28.7 Å². The van der Waals surface area contributed by atoms with Crippen LogP contribution in [0, 0.1) is 23.0 Å². The molecule has 0 N–H and O–H groups in total. The second-order valence-electron chi connectivity index (χ2n) is 15.6. The van der Waals surface area contributed by atoms with Gasteiger partial charge in [-0.3, -0.25) is 9.88 Å². The minimum atomic E-state index is -0.824. The summed E-state index contributed by atoms with van der Waals surface area (Å²) in [5.74, 6) is -1.23. The minimum absolute atomic E-state index is 0.000121. The molecule has 292 valence electrons. The number of benzene rings is 2. The molecule has 0 bridgehead atoms. The van der Waals surface area contributed by atoms with Crippen molar-refractivity contribution in [2.45, 2.75) is 83.8 Å². The Hall–Kier alpha value is -5.07. The van der Waals surface area contributed by atoms with Crippen LogP contribution in [0.3, 0.4) is 0 Å². The van der Waals surface area contributed by atoms with Crippen LogP contribution in [0.25, 0.3) is 32.9 Å². The minimum Gasteiger partial charge on any atom is -0.461 e. The molecule has 3 atom stereocenters. The van der Waals surface area contributed by atoms with E-state index in [0.29, 0.717) is 11.8 Å². The first-order valence-electron chi connectivity index (χ1n) is 18.0. The highest BCUT2D eigenvalue weighted by Crippen LogP contribution is 2.39. The van der Waals surface area contributed by atoms with Crippen molar-refractivity contribution in [1.82, 2.24) is 24.8 Å². The summed E-state index contributed by atoms with van der Waals surface area (Å²) >= 11 is 6.42. The number of piperazine rings is 1. The van der Waals surface area contributed by atoms with E-state index in [4.69, 9.17) is 35.5 Å². The van der Waals surface area contributed by atoms with E-state index in [1.54, 1.807) is 72.9 Å². The number of rotatable bonds is 7. The average Bonchev–Trinajstić information content (AvgIpc) is 3.54. The van der Waals surface area contributed by atoms with Crippen molar-refractivity contribution in [2.24, 2.45) is 0 Å². The van der Waals surface area contributed by atoms with Crippen LogP contribution in [0.2, 0.25) is 5.02 Å². The van der Waals surface area contributed by atoms with Gasteiger partial charge in [-0.2, -0.15) is 15.2 Å². The fourth-order valence-corrected chi connectivity index (χ4v) is 7.10. The lowest BCUT2D eigenvalue weighted by Crippen LogP contribution is -2.56. The van der Waals surface area contributed by atoms with Crippen LogP contribution in [0.1, 0.15) is 54.4 Å². The zero-order valence-electron chi connectivity index (χ0n) is 31.9. The number of aromatic nitrogens is 3. The van der Waals surface area contributed by atoms with Crippen molar-refractivity contribution in [3.05, 3.63) is 53.2 Å². The van der Waals surface area contributed by atoms with Gasteiger partial charge in [0, 0.05) is 43.9 Å². The van der Waals surface area contributed by atoms with Crippen molar-refractivity contribution in [3.63, 3.8) is 0 Å². The second-order valence-corrected chi connectivity index (χ2v) is 16.0. The molecule has 0 saturated carbocycles. The van der Waals surface area contributed by atoms with Gasteiger partial charge in [-0.05, 0) is 59.4 Å². The Balaban J connectivity index is 1.42. The van der Waals surface area contributed by atoms with E-state index >= 15 is 4.39 Å². The first-order chi connectivity index (χ1) is 26.0. The number of nitriles is 1. The molecule has 6 rings (SSSR count). The van der Waals surface area contributed by atoms with Gasteiger partial charge in [0.05, 0.1) is 47.6 Å². The van der Waals surface area contributed by atoms with Crippen LogP contribution in [0.4, 0.5) is 24.2 Å². The molecule has 13 nitrogen and oxygen atoms in total. The van der Waals surface area contributed by atoms with E-state index in [1.807, 2.05) is 4.90 Å². The molecule has 16 heteroatoms. The second kappa shape index (κ2) is 15.6. The summed E-state index contributed by atoms with van der Waals surface area (Å²) in [5.41, 5.74) is -1.47. The summed E-state index contributed by atoms with van der Waals surface area (Å²) in [6.45, 7) is 11.4. The molecular weight excluding hydrogens is 736 g/mol. The van der Waals surface area contributed by atoms with Crippen LogP contribution in [0.5, 0.6) is 6.01 Å². The molecule has 55 heavy (non-hydrogen) atoms. The number of pyridine rings is 1. The number of amides is 2. The zero-order valence-corrected chi connectivity index (χ0v) is 32.6. The Morgan fingerprint density at radius 1 is 0.964 bits per heavy atom. The van der Waals surface area contributed by atoms with Crippen molar-refractivity contribution in [2.75, 3.05) is 44.8 Å². The van der Waals surface area contributed by atoms with Crippen LogP contribution < -0.4 is 9.64 Å². The van der Waals surface area contributed by atoms with Gasteiger partial charge in [0.15, 0.2) is 5.82 Å². The molecule has 2 aromatic carbocycles. The molecule has 0 aliphatic carbocycles. The van der Waals surface area contributed by atoms with Crippen LogP contribution in [-0.2, 0) is 14.2 Å². The van der Waals surface area contributed by atoms with Gasteiger partial charge in [0.25, 0.3) is 0 Å². The van der Waals surface area contributed by atoms with E-state index < -0.39 is 47.1 Å². The number of nitrogens with zero attached hydrogens (tertiary/aromatic N) is 7. The fourth-order valence-electron chi connectivity index (χ4n) is 6.83. The number of hydrogen-bond donors (Lipinski definition) is 0. The monoisotopic (exact) mass is 779 g/mol. The molecule has 4 heterocycles. The van der Waals surface area contributed by atoms with Gasteiger partial charge in [0.2, 0.25) is 0 Å². The van der Waals surface area contributed by atoms with Crippen molar-refractivity contribution in [1.29, 1.82) is 5.26 Å². The summed E-state index contributed by atoms with van der Waals surface area (Å²) in [7, 11) is 1.56. The Morgan fingerprint density at radius 3 is 2.35 bits per heavy atom. The molecule has 2 fully saturated rings. The summed E-state index contributed by atoms with van der Waals surface area (Å²) in [6.07, 6.45) is 0.532. The van der Waals surface area contributed by atoms with Crippen LogP contribution in [0.15, 0.2) is 36.5 Å². The lowest BCUT2D eigenvalue weighted by molar-refractivity contribution is 0.0142. The van der Waals surface area contributed by atoms with Crippen LogP contribution >= 0.6 is 11.6 Å². The van der Waals surface area contributed by atoms with Gasteiger partial charge >= 0.3 is 18.2 Å². The Kier molecular flexibility index (Phi) is 11.2. The lowest BCUT2D eigenvalue weighted by atomic mass is 10.0. The number of carbonyl (C=O) groups is 2. The third-order valence-electron chi connectivity index (χ3n) is 9.31. The normalized spacial score (nSPS) is 19.1. The third-order valence-corrected chi connectivity index (χ3v) is 9.68. The molecular formula is C39H44ClF2N7O6. The van der Waals surface area contributed by atoms with Crippen molar-refractivity contribution in [3.8, 4) is 23.3 Å². The largest absolute Gasteiger partial charge is 0.461 e. The summed E-state index contributed by atoms with van der Waals surface area (Å²) in [4.78, 5) is 45.0. The molecule has 0 spiro atoms. The zero-order chi connectivity index (χ0) is 39.8. The standard InChI is InChI=1S/C39H44ClF2N7O6/c1-38(2,3)54-36(50)48-16-15-47(19-23(48)13-14-43)34-27-18-44-32(26-10-8-9-22-11-12-28(41)30(40)29(22)26)31(42)33(27)45-35(46-34)53-21-24-17-25(52-7)20-49(24)37(51)55-39(4,5)6/h8-12,18,23-25H,13,15-17,19-21H2,1-7H3/t23-,24-,25+/m0/s1. The maximum Gasteiger partial charge on any atom is 0.410 e. The number of anilines is 1. The molecule has 4 aromatic rings. The number of methoxy groups -OCH3 is 1. The number of hydrogen-bond acceptors (Lipinski definition) is 11. The quantitative estimate of drug-likeness (QED) is 0.184. The number of carbonyl (C=O) groups excluding carboxylic acids is 2. The SMILES string of the molecule is CO[C@@H]1C[C@@H](COc2nc(N3CCN(C(=O)OC(C)(C)C)[C@@H](CC#N)C3)c3cnc(-c4cccc5ccc(F)c(Cl)c45)c(F)c3n2)N(C(=O)OC(C)(C)C)C1. The highest BCUT2D eigenvalue weighted by Gasteiger charge is 2.39. The Morgan fingerprint density at radius 2 is 1.67 bits per heavy atom. The van der Waals surface area contributed by atoms with E-state index in [9.17, 15) is 19.2 Å². The summed E-state index contributed by atoms with van der Waals surface area (Å²) in [5, 5.41) is 10.7. The Bertz CT molecular complexity index is 2150. The Labute approximate surface area is 323 Å². The highest BCUT2D eigenvalue weighted by molar-refractivity contribution is 6.36. The number of ether oxygens (including phenoxy) is 4. The molecule has 0 radical (unpaired) electrons. The van der Waals surface area contributed by atoms with Crippen molar-refractivity contribution >= 4 is 51.3 Å². The highest BCUT2D eigenvalue weighted by atomic mass is 35.5. The van der Waals surface area contributed by atoms with E-state index in [0.717, 1.165) is 0 Å². The lowest BCUT2D eigenvalue weighted by Gasteiger charge is -2.41. The third kappa shape index (κ3) is 8.60.